The fourth-order valence-corrected chi connectivity index (χ4v) is 3.15. The van der Waals surface area contributed by atoms with Crippen LogP contribution in [0.2, 0.25) is 0 Å². The van der Waals surface area contributed by atoms with Crippen molar-refractivity contribution in [1.29, 1.82) is 0 Å². The molecule has 3 saturated heterocycles. The topological polar surface area (TPSA) is 42.2 Å². The van der Waals surface area contributed by atoms with Crippen LogP contribution in [0.1, 0.15) is 49.2 Å². The van der Waals surface area contributed by atoms with Gasteiger partial charge in [0.15, 0.2) is 5.82 Å². The van der Waals surface area contributed by atoms with Crippen LogP contribution >= 0.6 is 0 Å². The van der Waals surface area contributed by atoms with Crippen LogP contribution in [0.25, 0.3) is 0 Å². The molecule has 1 aromatic rings. The summed E-state index contributed by atoms with van der Waals surface area (Å²) in [6.07, 6.45) is 5.12. The normalized spacial score (nSPS) is 37.9. The third-order valence-corrected chi connectivity index (χ3v) is 4.37. The molecule has 5 rings (SSSR count). The Bertz CT molecular complexity index is 391. The van der Waals surface area contributed by atoms with Crippen LogP contribution in [0.15, 0.2) is 4.52 Å². The van der Waals surface area contributed by atoms with E-state index >= 15 is 0 Å². The molecule has 0 N–H and O–H groups in total. The van der Waals surface area contributed by atoms with Gasteiger partial charge in [-0.15, -0.1) is 0 Å². The summed E-state index contributed by atoms with van der Waals surface area (Å²) in [6, 6.07) is 0. The van der Waals surface area contributed by atoms with Gasteiger partial charge in [-0.3, -0.25) is 0 Å². The third-order valence-electron chi connectivity index (χ3n) is 4.37. The van der Waals surface area contributed by atoms with Gasteiger partial charge < -0.3 is 9.42 Å². The van der Waals surface area contributed by atoms with Crippen molar-refractivity contribution in [3.8, 4) is 0 Å². The quantitative estimate of drug-likeness (QED) is 0.760. The lowest BCUT2D eigenvalue weighted by Gasteiger charge is -2.43. The maximum absolute atomic E-state index is 5.47. The molecule has 1 aromatic heterocycles. The minimum absolute atomic E-state index is 0.516. The fourth-order valence-electron chi connectivity index (χ4n) is 3.15. The Hall–Kier alpha value is -0.900. The highest BCUT2D eigenvalue weighted by atomic mass is 16.5. The summed E-state index contributed by atoms with van der Waals surface area (Å²) in [7, 11) is 0. The predicted octanol–water partition coefficient (Wildman–Crippen LogP) is 1.76. The highest BCUT2D eigenvalue weighted by Gasteiger charge is 2.39. The summed E-state index contributed by atoms with van der Waals surface area (Å²) in [5, 5.41) is 4.13. The zero-order valence-electron chi connectivity index (χ0n) is 9.43. The molecule has 1 aliphatic carbocycles. The van der Waals surface area contributed by atoms with Crippen LogP contribution in [0, 0.1) is 5.92 Å². The average molecular weight is 219 g/mol. The Morgan fingerprint density at radius 3 is 2.56 bits per heavy atom. The summed E-state index contributed by atoms with van der Waals surface area (Å²) in [6.45, 7) is 3.67. The Labute approximate surface area is 95.0 Å². The third kappa shape index (κ3) is 1.39. The maximum atomic E-state index is 5.47. The number of hydrogen-bond acceptors (Lipinski definition) is 4. The van der Waals surface area contributed by atoms with E-state index in [1.807, 2.05) is 0 Å². The van der Waals surface area contributed by atoms with Gasteiger partial charge in [-0.2, -0.15) is 4.98 Å². The van der Waals surface area contributed by atoms with E-state index in [2.05, 4.69) is 15.0 Å². The largest absolute Gasteiger partial charge is 0.339 e. The highest BCUT2D eigenvalue weighted by molar-refractivity contribution is 5.08. The lowest BCUT2D eigenvalue weighted by atomic mass is 9.79. The zero-order chi connectivity index (χ0) is 10.5. The minimum Gasteiger partial charge on any atom is -0.339 e. The van der Waals surface area contributed by atoms with Crippen molar-refractivity contribution in [2.45, 2.75) is 37.5 Å². The molecule has 4 aliphatic rings. The number of hydrogen-bond donors (Lipinski definition) is 0. The number of nitrogens with zero attached hydrogens (tertiary/aromatic N) is 3. The molecule has 4 fully saturated rings. The van der Waals surface area contributed by atoms with E-state index in [0.29, 0.717) is 11.8 Å². The first-order valence-corrected chi connectivity index (χ1v) is 6.46. The van der Waals surface area contributed by atoms with Crippen LogP contribution in [-0.2, 0) is 0 Å². The average Bonchev–Trinajstić information content (AvgIpc) is 3.09. The lowest BCUT2D eigenvalue weighted by molar-refractivity contribution is 0.0727. The molecule has 2 bridgehead atoms. The van der Waals surface area contributed by atoms with E-state index in [-0.39, 0.29) is 0 Å². The van der Waals surface area contributed by atoms with E-state index < -0.39 is 0 Å². The number of piperidine rings is 3. The smallest absolute Gasteiger partial charge is 0.231 e. The number of rotatable bonds is 2. The van der Waals surface area contributed by atoms with Crippen LogP contribution in [0.5, 0.6) is 0 Å². The monoisotopic (exact) mass is 219 g/mol. The molecular formula is C12H17N3O. The molecule has 1 saturated carbocycles. The molecule has 86 valence electrons. The van der Waals surface area contributed by atoms with Crippen molar-refractivity contribution < 1.29 is 4.52 Å². The highest BCUT2D eigenvalue weighted by Crippen LogP contribution is 2.41. The SMILES string of the molecule is C1CC1c1noc(C2CN3CCC2CC3)n1. The van der Waals surface area contributed by atoms with Gasteiger partial charge in [-0.1, -0.05) is 5.16 Å². The molecule has 4 nitrogen and oxygen atoms in total. The van der Waals surface area contributed by atoms with Crippen molar-refractivity contribution in [2.24, 2.45) is 5.92 Å². The molecule has 4 heteroatoms. The summed E-state index contributed by atoms with van der Waals surface area (Å²) in [5.74, 6) is 3.79. The zero-order valence-corrected chi connectivity index (χ0v) is 9.43. The second-order valence-electron chi connectivity index (χ2n) is 5.51. The minimum atomic E-state index is 0.516. The van der Waals surface area contributed by atoms with Crippen LogP contribution in [0.4, 0.5) is 0 Å². The Morgan fingerprint density at radius 1 is 1.12 bits per heavy atom. The molecule has 0 spiro atoms. The fraction of sp³-hybridized carbons (Fsp3) is 0.833. The first-order valence-electron chi connectivity index (χ1n) is 6.46. The first kappa shape index (κ1) is 9.16. The second-order valence-corrected chi connectivity index (χ2v) is 5.51. The number of aromatic nitrogens is 2. The van der Waals surface area contributed by atoms with Crippen molar-refractivity contribution >= 4 is 0 Å². The summed E-state index contributed by atoms with van der Waals surface area (Å²) >= 11 is 0. The molecule has 1 atom stereocenters. The van der Waals surface area contributed by atoms with Crippen LogP contribution in [0.3, 0.4) is 0 Å². The standard InChI is InChI=1S/C12H17N3O/c1-2-9(1)11-13-12(16-14-11)10-7-15-5-3-8(10)4-6-15/h8-10H,1-7H2. The molecular weight excluding hydrogens is 202 g/mol. The van der Waals surface area contributed by atoms with Gasteiger partial charge in [-0.25, -0.2) is 0 Å². The molecule has 0 radical (unpaired) electrons. The predicted molar refractivity (Wildman–Crippen MR) is 58.2 cm³/mol. The van der Waals surface area contributed by atoms with Crippen molar-refractivity contribution in [1.82, 2.24) is 15.0 Å². The molecule has 16 heavy (non-hydrogen) atoms. The van der Waals surface area contributed by atoms with Gasteiger partial charge in [0.2, 0.25) is 5.89 Å². The summed E-state index contributed by atoms with van der Waals surface area (Å²) in [5.41, 5.74) is 0. The van der Waals surface area contributed by atoms with Crippen LogP contribution in [-0.4, -0.2) is 34.7 Å². The summed E-state index contributed by atoms with van der Waals surface area (Å²) < 4.78 is 5.47. The Kier molecular flexibility index (Phi) is 1.89. The van der Waals surface area contributed by atoms with E-state index in [1.54, 1.807) is 0 Å². The maximum Gasteiger partial charge on any atom is 0.231 e. The Morgan fingerprint density at radius 2 is 1.94 bits per heavy atom. The van der Waals surface area contributed by atoms with Crippen molar-refractivity contribution in [2.75, 3.05) is 19.6 Å². The van der Waals surface area contributed by atoms with E-state index in [9.17, 15) is 0 Å². The lowest BCUT2D eigenvalue weighted by Crippen LogP contribution is -2.46. The molecule has 0 amide bonds. The van der Waals surface area contributed by atoms with Crippen molar-refractivity contribution in [3.05, 3.63) is 11.7 Å². The van der Waals surface area contributed by atoms with Gasteiger partial charge >= 0.3 is 0 Å². The van der Waals surface area contributed by atoms with Crippen LogP contribution < -0.4 is 0 Å². The Balaban J connectivity index is 1.59. The molecule has 4 heterocycles. The van der Waals surface area contributed by atoms with E-state index in [0.717, 1.165) is 24.2 Å². The first-order chi connectivity index (χ1) is 7.90. The van der Waals surface area contributed by atoms with Gasteiger partial charge in [0, 0.05) is 12.5 Å². The van der Waals surface area contributed by atoms with E-state index in [1.165, 1.54) is 38.8 Å². The van der Waals surface area contributed by atoms with Gasteiger partial charge in [0.25, 0.3) is 0 Å². The van der Waals surface area contributed by atoms with Gasteiger partial charge in [0.1, 0.15) is 0 Å². The molecule has 0 aromatic carbocycles. The summed E-state index contributed by atoms with van der Waals surface area (Å²) in [4.78, 5) is 7.14. The van der Waals surface area contributed by atoms with E-state index in [4.69, 9.17) is 4.52 Å². The number of fused-ring (bicyclic) bond motifs is 3. The molecule has 1 unspecified atom stereocenters. The van der Waals surface area contributed by atoms with Gasteiger partial charge in [0.05, 0.1) is 5.92 Å². The second kappa shape index (κ2) is 3.29. The van der Waals surface area contributed by atoms with Gasteiger partial charge in [-0.05, 0) is 44.7 Å². The molecule has 3 aliphatic heterocycles. The van der Waals surface area contributed by atoms with Crippen molar-refractivity contribution in [3.63, 3.8) is 0 Å².